The van der Waals surface area contributed by atoms with Crippen LogP contribution in [-0.4, -0.2) is 20.2 Å². The minimum atomic E-state index is -0.444. The summed E-state index contributed by atoms with van der Waals surface area (Å²) >= 11 is 12.2. The zero-order chi connectivity index (χ0) is 15.0. The van der Waals surface area contributed by atoms with Gasteiger partial charge in [-0.2, -0.15) is 4.68 Å². The van der Waals surface area contributed by atoms with Gasteiger partial charge >= 0.3 is 0 Å². The van der Waals surface area contributed by atoms with E-state index < -0.39 is 5.82 Å². The van der Waals surface area contributed by atoms with Gasteiger partial charge in [-0.25, -0.2) is 4.39 Å². The smallest absolute Gasteiger partial charge is 0.188 e. The summed E-state index contributed by atoms with van der Waals surface area (Å²) in [7, 11) is 0. The molecule has 0 amide bonds. The maximum Gasteiger partial charge on any atom is 0.188 e. The van der Waals surface area contributed by atoms with Crippen LogP contribution in [0, 0.1) is 5.82 Å². The van der Waals surface area contributed by atoms with Crippen LogP contribution in [0.15, 0.2) is 36.4 Å². The van der Waals surface area contributed by atoms with E-state index in [1.807, 2.05) is 0 Å². The molecule has 3 rings (SSSR count). The van der Waals surface area contributed by atoms with Gasteiger partial charge in [0.05, 0.1) is 15.7 Å². The standard InChI is InChI=1S/C13H8Cl2FN5/c14-10-3-2-8(17)6-9(10)13-18-19-20-21(13)12-4-1-7(16)5-11(12)15/h1-6H,17H2. The quantitative estimate of drug-likeness (QED) is 0.734. The first-order valence-electron chi connectivity index (χ1n) is 5.85. The van der Waals surface area contributed by atoms with Gasteiger partial charge in [0.1, 0.15) is 5.82 Å². The van der Waals surface area contributed by atoms with Crippen molar-refractivity contribution < 1.29 is 4.39 Å². The molecule has 0 saturated heterocycles. The third kappa shape index (κ3) is 2.55. The number of nitrogens with zero attached hydrogens (tertiary/aromatic N) is 4. The van der Waals surface area contributed by atoms with Crippen LogP contribution in [0.4, 0.5) is 10.1 Å². The van der Waals surface area contributed by atoms with Gasteiger partial charge in [-0.1, -0.05) is 23.2 Å². The topological polar surface area (TPSA) is 69.6 Å². The van der Waals surface area contributed by atoms with Gasteiger partial charge in [0, 0.05) is 11.3 Å². The van der Waals surface area contributed by atoms with E-state index in [-0.39, 0.29) is 5.02 Å². The third-order valence-corrected chi connectivity index (χ3v) is 3.47. The lowest BCUT2D eigenvalue weighted by molar-refractivity contribution is 0.627. The van der Waals surface area contributed by atoms with Crippen molar-refractivity contribution in [1.29, 1.82) is 0 Å². The predicted molar refractivity (Wildman–Crippen MR) is 79.0 cm³/mol. The van der Waals surface area contributed by atoms with Gasteiger partial charge in [0.25, 0.3) is 0 Å². The molecular formula is C13H8Cl2FN5. The second-order valence-electron chi connectivity index (χ2n) is 4.25. The fraction of sp³-hybridized carbons (Fsp3) is 0. The van der Waals surface area contributed by atoms with Crippen LogP contribution < -0.4 is 5.73 Å². The molecule has 5 nitrogen and oxygen atoms in total. The maximum atomic E-state index is 13.1. The van der Waals surface area contributed by atoms with Gasteiger partial charge in [-0.3, -0.25) is 0 Å². The Hall–Kier alpha value is -2.18. The number of benzene rings is 2. The Kier molecular flexibility index (Phi) is 3.48. The van der Waals surface area contributed by atoms with Crippen LogP contribution in [0.25, 0.3) is 17.1 Å². The number of halogens is 3. The summed E-state index contributed by atoms with van der Waals surface area (Å²) in [5, 5.41) is 12.1. The Balaban J connectivity index is 2.19. The van der Waals surface area contributed by atoms with Gasteiger partial charge in [0.2, 0.25) is 0 Å². The fourth-order valence-electron chi connectivity index (χ4n) is 1.88. The van der Waals surface area contributed by atoms with E-state index in [2.05, 4.69) is 15.5 Å². The average Bonchev–Trinajstić information content (AvgIpc) is 2.90. The molecule has 0 aliphatic rings. The number of anilines is 1. The minimum absolute atomic E-state index is 0.184. The zero-order valence-corrected chi connectivity index (χ0v) is 12.0. The van der Waals surface area contributed by atoms with Crippen molar-refractivity contribution >= 4 is 28.9 Å². The van der Waals surface area contributed by atoms with Gasteiger partial charge in [0.15, 0.2) is 5.82 Å². The highest BCUT2D eigenvalue weighted by molar-refractivity contribution is 6.33. The van der Waals surface area contributed by atoms with Crippen molar-refractivity contribution in [2.24, 2.45) is 0 Å². The molecule has 2 aromatic carbocycles. The Morgan fingerprint density at radius 3 is 2.62 bits per heavy atom. The predicted octanol–water partition coefficient (Wildman–Crippen LogP) is 3.36. The normalized spacial score (nSPS) is 10.8. The lowest BCUT2D eigenvalue weighted by Crippen LogP contribution is -2.02. The molecule has 0 atom stereocenters. The third-order valence-electron chi connectivity index (χ3n) is 2.84. The lowest BCUT2D eigenvalue weighted by atomic mass is 10.2. The molecule has 0 bridgehead atoms. The van der Waals surface area contributed by atoms with Crippen LogP contribution in [-0.2, 0) is 0 Å². The van der Waals surface area contributed by atoms with Crippen molar-refractivity contribution in [1.82, 2.24) is 20.2 Å². The monoisotopic (exact) mass is 323 g/mol. The number of hydrogen-bond acceptors (Lipinski definition) is 4. The number of nitrogen functional groups attached to an aromatic ring is 1. The minimum Gasteiger partial charge on any atom is -0.399 e. The molecule has 106 valence electrons. The molecule has 21 heavy (non-hydrogen) atoms. The molecule has 8 heteroatoms. The molecule has 0 unspecified atom stereocenters. The summed E-state index contributed by atoms with van der Waals surface area (Å²) < 4.78 is 14.5. The number of hydrogen-bond donors (Lipinski definition) is 1. The average molecular weight is 324 g/mol. The maximum absolute atomic E-state index is 13.1. The molecule has 0 fully saturated rings. The van der Waals surface area contributed by atoms with Gasteiger partial charge in [-0.05, 0) is 46.8 Å². The van der Waals surface area contributed by atoms with Crippen LogP contribution in [0.3, 0.4) is 0 Å². The number of nitrogens with two attached hydrogens (primary N) is 1. The SMILES string of the molecule is Nc1ccc(Cl)c(-c2nnnn2-c2ccc(F)cc2Cl)c1. The van der Waals surface area contributed by atoms with Crippen molar-refractivity contribution in [2.75, 3.05) is 5.73 Å². The first-order chi connectivity index (χ1) is 10.1. The molecule has 0 radical (unpaired) electrons. The summed E-state index contributed by atoms with van der Waals surface area (Å²) in [5.74, 6) is -0.0822. The largest absolute Gasteiger partial charge is 0.399 e. The second kappa shape index (κ2) is 5.31. The van der Waals surface area contributed by atoms with Gasteiger partial charge in [-0.15, -0.1) is 5.10 Å². The molecule has 0 spiro atoms. The van der Waals surface area contributed by atoms with Crippen molar-refractivity contribution in [2.45, 2.75) is 0 Å². The van der Waals surface area contributed by atoms with E-state index >= 15 is 0 Å². The van der Waals surface area contributed by atoms with E-state index in [1.165, 1.54) is 22.9 Å². The Morgan fingerprint density at radius 1 is 1.05 bits per heavy atom. The zero-order valence-electron chi connectivity index (χ0n) is 10.5. The summed E-state index contributed by atoms with van der Waals surface area (Å²) in [6, 6.07) is 8.92. The van der Waals surface area contributed by atoms with Crippen LogP contribution in [0.5, 0.6) is 0 Å². The Bertz CT molecular complexity index is 818. The highest BCUT2D eigenvalue weighted by Crippen LogP contribution is 2.31. The highest BCUT2D eigenvalue weighted by Gasteiger charge is 2.16. The summed E-state index contributed by atoms with van der Waals surface area (Å²) in [6.07, 6.45) is 0. The van der Waals surface area contributed by atoms with E-state index in [1.54, 1.807) is 18.2 Å². The van der Waals surface area contributed by atoms with E-state index in [9.17, 15) is 4.39 Å². The molecular weight excluding hydrogens is 316 g/mol. The van der Waals surface area contributed by atoms with Crippen LogP contribution in [0.1, 0.15) is 0 Å². The van der Waals surface area contributed by atoms with E-state index in [0.29, 0.717) is 27.8 Å². The first kappa shape index (κ1) is 13.8. The second-order valence-corrected chi connectivity index (χ2v) is 5.06. The van der Waals surface area contributed by atoms with Crippen molar-refractivity contribution in [3.05, 3.63) is 52.3 Å². The van der Waals surface area contributed by atoms with Crippen molar-refractivity contribution in [3.8, 4) is 17.1 Å². The lowest BCUT2D eigenvalue weighted by Gasteiger charge is -2.08. The summed E-state index contributed by atoms with van der Waals surface area (Å²) in [5.41, 5.74) is 7.28. The van der Waals surface area contributed by atoms with Crippen LogP contribution in [0.2, 0.25) is 10.0 Å². The van der Waals surface area contributed by atoms with E-state index in [4.69, 9.17) is 28.9 Å². The van der Waals surface area contributed by atoms with Gasteiger partial charge < -0.3 is 5.73 Å². The molecule has 2 N–H and O–H groups in total. The highest BCUT2D eigenvalue weighted by atomic mass is 35.5. The summed E-state index contributed by atoms with van der Waals surface area (Å²) in [6.45, 7) is 0. The molecule has 1 aromatic heterocycles. The molecule has 3 aromatic rings. The van der Waals surface area contributed by atoms with Crippen molar-refractivity contribution in [3.63, 3.8) is 0 Å². The van der Waals surface area contributed by atoms with Crippen LogP contribution >= 0.6 is 23.2 Å². The number of rotatable bonds is 2. The fourth-order valence-corrected chi connectivity index (χ4v) is 2.33. The molecule has 0 aliphatic carbocycles. The summed E-state index contributed by atoms with van der Waals surface area (Å²) in [4.78, 5) is 0. The first-order valence-corrected chi connectivity index (χ1v) is 6.61. The molecule has 0 saturated carbocycles. The molecule has 0 aliphatic heterocycles. The molecule has 1 heterocycles. The Labute approximate surface area is 129 Å². The Morgan fingerprint density at radius 2 is 1.86 bits per heavy atom. The van der Waals surface area contributed by atoms with E-state index in [0.717, 1.165) is 0 Å². The number of aromatic nitrogens is 4. The number of tetrazole rings is 1.